The summed E-state index contributed by atoms with van der Waals surface area (Å²) in [7, 11) is -3.58. The monoisotopic (exact) mass is 367 g/mol. The fraction of sp³-hybridized carbons (Fsp3) is 0.611. The number of carbonyl (C=O) groups excluding carboxylic acids is 1. The van der Waals surface area contributed by atoms with E-state index in [-0.39, 0.29) is 10.8 Å². The molecule has 1 saturated heterocycles. The van der Waals surface area contributed by atoms with E-state index in [1.807, 2.05) is 0 Å². The van der Waals surface area contributed by atoms with Gasteiger partial charge in [-0.15, -0.1) is 0 Å². The number of rotatable bonds is 7. The molecule has 1 aromatic carbocycles. The number of piperidine rings is 1. The van der Waals surface area contributed by atoms with Crippen molar-refractivity contribution < 1.29 is 13.2 Å². The first kappa shape index (κ1) is 19.9. The Morgan fingerprint density at radius 3 is 2.56 bits per heavy atom. The van der Waals surface area contributed by atoms with Crippen LogP contribution >= 0.6 is 0 Å². The maximum absolute atomic E-state index is 12.9. The molecule has 0 saturated carbocycles. The Labute approximate surface area is 150 Å². The van der Waals surface area contributed by atoms with E-state index in [1.54, 1.807) is 22.5 Å². The zero-order valence-corrected chi connectivity index (χ0v) is 15.9. The van der Waals surface area contributed by atoms with E-state index in [0.29, 0.717) is 43.6 Å². The predicted molar refractivity (Wildman–Crippen MR) is 98.8 cm³/mol. The van der Waals surface area contributed by atoms with Crippen LogP contribution in [-0.4, -0.2) is 44.8 Å². The summed E-state index contributed by atoms with van der Waals surface area (Å²) in [6.45, 7) is 6.33. The van der Waals surface area contributed by atoms with Gasteiger partial charge in [0.25, 0.3) is 5.91 Å². The first-order valence-corrected chi connectivity index (χ1v) is 10.4. The Hall–Kier alpha value is -1.44. The standard InChI is InChI=1S/C18H29N3O3S/c1-14-10-15(2)13-21(12-14)25(23,24)17-7-5-6-16(11-17)18(22)20-9-4-3-8-19/h5-7,11,14-15H,3-4,8-10,12-13,19H2,1-2H3,(H,20,22). The molecule has 0 aromatic heterocycles. The lowest BCUT2D eigenvalue weighted by molar-refractivity contribution is 0.0953. The van der Waals surface area contributed by atoms with Crippen molar-refractivity contribution >= 4 is 15.9 Å². The number of amides is 1. The van der Waals surface area contributed by atoms with E-state index in [0.717, 1.165) is 19.3 Å². The molecule has 1 fully saturated rings. The molecule has 0 radical (unpaired) electrons. The van der Waals surface area contributed by atoms with E-state index < -0.39 is 10.0 Å². The molecule has 7 heteroatoms. The fourth-order valence-electron chi connectivity index (χ4n) is 3.32. The third kappa shape index (κ3) is 5.26. The van der Waals surface area contributed by atoms with Crippen LogP contribution in [0.5, 0.6) is 0 Å². The third-order valence-electron chi connectivity index (χ3n) is 4.49. The average molecular weight is 368 g/mol. The van der Waals surface area contributed by atoms with Crippen LogP contribution in [0.2, 0.25) is 0 Å². The lowest BCUT2D eigenvalue weighted by Gasteiger charge is -2.34. The molecule has 140 valence electrons. The molecule has 1 aliphatic rings. The fourth-order valence-corrected chi connectivity index (χ4v) is 5.05. The van der Waals surface area contributed by atoms with E-state index in [2.05, 4.69) is 19.2 Å². The molecule has 6 nitrogen and oxygen atoms in total. The molecule has 1 amide bonds. The summed E-state index contributed by atoms with van der Waals surface area (Å²) < 4.78 is 27.4. The molecule has 0 bridgehead atoms. The van der Waals surface area contributed by atoms with E-state index in [9.17, 15) is 13.2 Å². The van der Waals surface area contributed by atoms with Crippen LogP contribution in [0.4, 0.5) is 0 Å². The number of sulfonamides is 1. The van der Waals surface area contributed by atoms with Gasteiger partial charge in [-0.05, 0) is 55.8 Å². The second-order valence-electron chi connectivity index (χ2n) is 7.05. The number of nitrogens with zero attached hydrogens (tertiary/aromatic N) is 1. The van der Waals surface area contributed by atoms with Crippen LogP contribution < -0.4 is 11.1 Å². The van der Waals surface area contributed by atoms with Crippen molar-refractivity contribution in [3.63, 3.8) is 0 Å². The molecule has 2 unspecified atom stereocenters. The van der Waals surface area contributed by atoms with Gasteiger partial charge in [-0.25, -0.2) is 8.42 Å². The molecular weight excluding hydrogens is 338 g/mol. The highest BCUT2D eigenvalue weighted by Crippen LogP contribution is 2.26. The minimum atomic E-state index is -3.58. The van der Waals surface area contributed by atoms with Gasteiger partial charge in [-0.2, -0.15) is 4.31 Å². The number of unbranched alkanes of at least 4 members (excludes halogenated alkanes) is 1. The van der Waals surface area contributed by atoms with Crippen LogP contribution in [0, 0.1) is 11.8 Å². The van der Waals surface area contributed by atoms with Gasteiger partial charge in [-0.1, -0.05) is 19.9 Å². The Morgan fingerprint density at radius 1 is 1.24 bits per heavy atom. The van der Waals surface area contributed by atoms with Gasteiger partial charge in [0.15, 0.2) is 0 Å². The molecule has 2 atom stereocenters. The molecule has 0 spiro atoms. The molecule has 25 heavy (non-hydrogen) atoms. The van der Waals surface area contributed by atoms with Gasteiger partial charge in [0.2, 0.25) is 10.0 Å². The molecule has 2 rings (SSSR count). The van der Waals surface area contributed by atoms with Crippen molar-refractivity contribution in [2.24, 2.45) is 17.6 Å². The minimum absolute atomic E-state index is 0.184. The number of nitrogens with two attached hydrogens (primary N) is 1. The second-order valence-corrected chi connectivity index (χ2v) is 8.99. The zero-order valence-electron chi connectivity index (χ0n) is 15.1. The van der Waals surface area contributed by atoms with E-state index in [1.165, 1.54) is 6.07 Å². The van der Waals surface area contributed by atoms with Crippen molar-refractivity contribution in [2.45, 2.75) is 38.0 Å². The number of nitrogens with one attached hydrogen (secondary N) is 1. The van der Waals surface area contributed by atoms with Crippen molar-refractivity contribution in [3.05, 3.63) is 29.8 Å². The lowest BCUT2D eigenvalue weighted by Crippen LogP contribution is -2.42. The average Bonchev–Trinajstić information content (AvgIpc) is 2.58. The topological polar surface area (TPSA) is 92.5 Å². The van der Waals surface area contributed by atoms with Gasteiger partial charge in [0.1, 0.15) is 0 Å². The summed E-state index contributed by atoms with van der Waals surface area (Å²) in [5.41, 5.74) is 5.80. The normalized spacial score (nSPS) is 21.9. The summed E-state index contributed by atoms with van der Waals surface area (Å²) in [5, 5.41) is 2.80. The molecule has 1 heterocycles. The number of hydrogen-bond donors (Lipinski definition) is 2. The summed E-state index contributed by atoms with van der Waals surface area (Å²) in [5.74, 6) is 0.426. The van der Waals surface area contributed by atoms with Crippen molar-refractivity contribution in [2.75, 3.05) is 26.2 Å². The van der Waals surface area contributed by atoms with Gasteiger partial charge < -0.3 is 11.1 Å². The third-order valence-corrected chi connectivity index (χ3v) is 6.31. The second kappa shape index (κ2) is 8.78. The minimum Gasteiger partial charge on any atom is -0.352 e. The molecule has 1 aliphatic heterocycles. The number of benzene rings is 1. The first-order valence-electron chi connectivity index (χ1n) is 8.93. The van der Waals surface area contributed by atoms with Gasteiger partial charge in [0.05, 0.1) is 4.90 Å². The van der Waals surface area contributed by atoms with Crippen LogP contribution in [0.1, 0.15) is 43.5 Å². The molecular formula is C18H29N3O3S. The predicted octanol–water partition coefficient (Wildman–Crippen LogP) is 1.82. The highest BCUT2D eigenvalue weighted by atomic mass is 32.2. The summed E-state index contributed by atoms with van der Waals surface area (Å²) in [6, 6.07) is 6.29. The lowest BCUT2D eigenvalue weighted by atomic mass is 9.94. The van der Waals surface area contributed by atoms with Crippen molar-refractivity contribution in [3.8, 4) is 0 Å². The van der Waals surface area contributed by atoms with Crippen LogP contribution in [0.25, 0.3) is 0 Å². The van der Waals surface area contributed by atoms with Crippen LogP contribution in [-0.2, 0) is 10.0 Å². The Bertz CT molecular complexity index is 681. The van der Waals surface area contributed by atoms with Crippen molar-refractivity contribution in [1.82, 2.24) is 9.62 Å². The maximum atomic E-state index is 12.9. The highest BCUT2D eigenvalue weighted by Gasteiger charge is 2.31. The largest absolute Gasteiger partial charge is 0.352 e. The van der Waals surface area contributed by atoms with E-state index in [4.69, 9.17) is 5.73 Å². The van der Waals surface area contributed by atoms with E-state index >= 15 is 0 Å². The summed E-state index contributed by atoms with van der Waals surface area (Å²) >= 11 is 0. The van der Waals surface area contributed by atoms with Crippen LogP contribution in [0.15, 0.2) is 29.2 Å². The smallest absolute Gasteiger partial charge is 0.251 e. The quantitative estimate of drug-likeness (QED) is 0.719. The number of hydrogen-bond acceptors (Lipinski definition) is 4. The van der Waals surface area contributed by atoms with Gasteiger partial charge in [0, 0.05) is 25.2 Å². The Morgan fingerprint density at radius 2 is 1.92 bits per heavy atom. The SMILES string of the molecule is CC1CC(C)CN(S(=O)(=O)c2cccc(C(=O)NCCCCN)c2)C1. The first-order chi connectivity index (χ1) is 11.8. The Kier molecular flexibility index (Phi) is 6.98. The summed E-state index contributed by atoms with van der Waals surface area (Å²) in [4.78, 5) is 12.4. The maximum Gasteiger partial charge on any atom is 0.251 e. The summed E-state index contributed by atoms with van der Waals surface area (Å²) in [6.07, 6.45) is 2.70. The van der Waals surface area contributed by atoms with Gasteiger partial charge in [-0.3, -0.25) is 4.79 Å². The van der Waals surface area contributed by atoms with Gasteiger partial charge >= 0.3 is 0 Å². The van der Waals surface area contributed by atoms with Crippen LogP contribution in [0.3, 0.4) is 0 Å². The highest BCUT2D eigenvalue weighted by molar-refractivity contribution is 7.89. The Balaban J connectivity index is 2.12. The van der Waals surface area contributed by atoms with Crippen molar-refractivity contribution in [1.29, 1.82) is 0 Å². The molecule has 3 N–H and O–H groups in total. The zero-order chi connectivity index (χ0) is 18.4. The molecule has 0 aliphatic carbocycles. The number of carbonyl (C=O) groups is 1. The molecule has 1 aromatic rings.